The number of rotatable bonds is 16. The molecule has 2 aliphatic heterocycles. The Morgan fingerprint density at radius 2 is 0.630 bits per heavy atom. The molecule has 2 aliphatic rings. The van der Waals surface area contributed by atoms with E-state index >= 15 is 0 Å². The molecule has 25 heteroatoms. The van der Waals surface area contributed by atoms with Gasteiger partial charge in [0, 0.05) is 108 Å². The zero-order valence-corrected chi connectivity index (χ0v) is 45.4. The molecule has 0 saturated heterocycles. The van der Waals surface area contributed by atoms with Crippen LogP contribution in [0.3, 0.4) is 0 Å². The van der Waals surface area contributed by atoms with Crippen molar-refractivity contribution in [3.8, 4) is 45.6 Å². The van der Waals surface area contributed by atoms with E-state index in [9.17, 15) is 33.7 Å². The van der Waals surface area contributed by atoms with Crippen molar-refractivity contribution in [2.75, 3.05) is 52.4 Å². The van der Waals surface area contributed by atoms with Gasteiger partial charge in [0.2, 0.25) is 40.1 Å². The molecule has 0 aliphatic carbocycles. The number of sulfonamides is 4. The molecule has 73 heavy (non-hydrogen) atoms. The normalized spacial score (nSPS) is 13.1. The molecular weight excluding hydrogens is 1060 g/mol. The molecule has 0 fully saturated rings. The summed E-state index contributed by atoms with van der Waals surface area (Å²) in [7, 11) is -16.9. The predicted octanol–water partition coefficient (Wildman–Crippen LogP) is 6.25. The largest absolute Gasteiger partial charge is 2.00 e. The Balaban J connectivity index is 0.00000711. The molecule has 20 nitrogen and oxygen atoms in total. The minimum atomic E-state index is -4.23. The molecule has 9 rings (SSSR count). The molecule has 7 aromatic rings. The zero-order chi connectivity index (χ0) is 51.7. The van der Waals surface area contributed by atoms with Crippen LogP contribution in [0.5, 0.6) is 0 Å². The first-order chi connectivity index (χ1) is 34.4. The number of nitrogens with zero attached hydrogens (tertiary/aromatic N) is 12. The SMILES string of the molecule is CCN(CC)S(=O)(=O)c1cccc2c1-c1nc-2nc2[n-]c(nc3nc(nc4[n-]c(n1)c1cccc(S(=O)(=O)N(CC)CC)c41)-c1cccc(S(=O)(=O)N(CC)CC)c1-3)c1cccc(S(=O)(=O)N(CC)CC)c21.[Cu+2]. The van der Waals surface area contributed by atoms with Gasteiger partial charge in [0.25, 0.3) is 0 Å². The van der Waals surface area contributed by atoms with E-state index < -0.39 is 40.1 Å². The first kappa shape index (κ1) is 53.7. The smallest absolute Gasteiger partial charge is 0.357 e. The molecule has 0 saturated carbocycles. The summed E-state index contributed by atoms with van der Waals surface area (Å²) in [6, 6.07) is 18.4. The van der Waals surface area contributed by atoms with E-state index in [1.54, 1.807) is 104 Å². The number of benzene rings is 4. The van der Waals surface area contributed by atoms with Crippen molar-refractivity contribution in [1.82, 2.24) is 57.1 Å². The number of fused-ring (bicyclic) bond motifs is 20. The molecule has 3 aromatic heterocycles. The van der Waals surface area contributed by atoms with Crippen molar-refractivity contribution >= 4 is 84.2 Å². The molecule has 0 unspecified atom stereocenters. The summed E-state index contributed by atoms with van der Waals surface area (Å²) >= 11 is 0. The fourth-order valence-corrected chi connectivity index (χ4v) is 16.1. The Kier molecular flexibility index (Phi) is 14.9. The maximum Gasteiger partial charge on any atom is 2.00 e. The van der Waals surface area contributed by atoms with Crippen molar-refractivity contribution in [2.45, 2.75) is 75.0 Å². The summed E-state index contributed by atoms with van der Waals surface area (Å²) in [5.41, 5.74) is 0.127. The summed E-state index contributed by atoms with van der Waals surface area (Å²) in [5.74, 6) is -0.448. The van der Waals surface area contributed by atoms with Gasteiger partial charge < -0.3 is 29.9 Å². The Morgan fingerprint density at radius 3 is 0.945 bits per heavy atom. The molecule has 8 bridgehead atoms. The third kappa shape index (κ3) is 8.65. The minimum Gasteiger partial charge on any atom is -0.357 e. The molecule has 4 aromatic carbocycles. The second kappa shape index (κ2) is 20.3. The van der Waals surface area contributed by atoms with Gasteiger partial charge >= 0.3 is 17.1 Å². The Labute approximate surface area is 435 Å². The van der Waals surface area contributed by atoms with Crippen LogP contribution in [0.25, 0.3) is 89.7 Å². The molecule has 0 amide bonds. The molecule has 0 spiro atoms. The molecular formula is C48H52CuN12O8S4. The van der Waals surface area contributed by atoms with Crippen LogP contribution in [0.2, 0.25) is 0 Å². The van der Waals surface area contributed by atoms with Crippen molar-refractivity contribution in [3.05, 3.63) is 72.8 Å². The van der Waals surface area contributed by atoms with Gasteiger partial charge in [0.15, 0.2) is 0 Å². The Bertz CT molecular complexity index is 3730. The summed E-state index contributed by atoms with van der Waals surface area (Å²) in [4.78, 5) is 38.7. The zero-order valence-electron chi connectivity index (χ0n) is 41.2. The van der Waals surface area contributed by atoms with Crippen LogP contribution in [0.1, 0.15) is 55.4 Å². The van der Waals surface area contributed by atoms with Crippen molar-refractivity contribution < 1.29 is 50.7 Å². The fourth-order valence-electron chi connectivity index (χ4n) is 9.39. The first-order valence-electron chi connectivity index (χ1n) is 23.6. The molecule has 5 heterocycles. The van der Waals surface area contributed by atoms with Crippen LogP contribution in [0, 0.1) is 0 Å². The second-order valence-corrected chi connectivity index (χ2v) is 24.2. The fraction of sp³-hybridized carbons (Fsp3) is 0.333. The van der Waals surface area contributed by atoms with Gasteiger partial charge in [-0.25, -0.2) is 43.6 Å². The standard InChI is InChI=1S/C48H52N12O8S4.Cu/c1-9-57(10-2)69(61,62)33-25-17-21-29-37(33)45-49-41(29)54-46-39-31(23-19-27-35(39)71(65,66)59(13-5)14-6)43(51-46)56-48-40-32(24-20-28-36(40)72(67,68)60(15-7)16-8)44(52-48)55-47-38-30(42(50-47)53-45)22-18-26-34(38)70(63,64)58(11-3)12-4;/h17-28H,9-16H2,1-8H3;/q-2;+2. The van der Waals surface area contributed by atoms with E-state index in [-0.39, 0.29) is 179 Å². The van der Waals surface area contributed by atoms with Gasteiger partial charge in [-0.05, 0) is 35.0 Å². The van der Waals surface area contributed by atoms with E-state index in [1.165, 1.54) is 41.5 Å². The number of hydrogen-bond donors (Lipinski definition) is 0. The summed E-state index contributed by atoms with van der Waals surface area (Å²) in [6.45, 7) is 14.9. The van der Waals surface area contributed by atoms with E-state index in [0.717, 1.165) is 0 Å². The third-order valence-corrected chi connectivity index (χ3v) is 21.3. The summed E-state index contributed by atoms with van der Waals surface area (Å²) < 4.78 is 122. The average Bonchev–Trinajstić information content (AvgIpc) is 4.10. The monoisotopic (exact) mass is 1120 g/mol. The van der Waals surface area contributed by atoms with Gasteiger partial charge in [-0.1, -0.05) is 104 Å². The average molecular weight is 1120 g/mol. The Hall–Kier alpha value is -5.60. The van der Waals surface area contributed by atoms with Gasteiger partial charge in [-0.2, -0.15) is 17.2 Å². The van der Waals surface area contributed by atoms with E-state index in [4.69, 9.17) is 39.9 Å². The molecule has 1 radical (unpaired) electrons. The predicted molar refractivity (Wildman–Crippen MR) is 274 cm³/mol. The third-order valence-electron chi connectivity index (χ3n) is 13.0. The number of hydrogen-bond acceptors (Lipinski definition) is 14. The van der Waals surface area contributed by atoms with E-state index in [2.05, 4.69) is 0 Å². The van der Waals surface area contributed by atoms with Crippen LogP contribution in [-0.4, -0.2) is 133 Å². The van der Waals surface area contributed by atoms with Crippen molar-refractivity contribution in [3.63, 3.8) is 0 Å². The van der Waals surface area contributed by atoms with Gasteiger partial charge in [0.05, 0.1) is 42.9 Å². The maximum atomic E-state index is 14.6. The van der Waals surface area contributed by atoms with E-state index in [0.29, 0.717) is 0 Å². The quantitative estimate of drug-likeness (QED) is 0.0970. The molecule has 0 N–H and O–H groups in total. The van der Waals surface area contributed by atoms with Crippen molar-refractivity contribution in [2.24, 2.45) is 0 Å². The van der Waals surface area contributed by atoms with Gasteiger partial charge in [0.1, 0.15) is 0 Å². The van der Waals surface area contributed by atoms with Crippen LogP contribution in [0.4, 0.5) is 0 Å². The van der Waals surface area contributed by atoms with Crippen LogP contribution < -0.4 is 9.97 Å². The Morgan fingerprint density at radius 1 is 0.356 bits per heavy atom. The molecule has 387 valence electrons. The first-order valence-corrected chi connectivity index (χ1v) is 29.4. The summed E-state index contributed by atoms with van der Waals surface area (Å²) in [5, 5.41) is 0.575. The topological polar surface area (TPSA) is 255 Å². The van der Waals surface area contributed by atoms with Gasteiger partial charge in [-0.3, -0.25) is 0 Å². The van der Waals surface area contributed by atoms with Crippen LogP contribution >= 0.6 is 0 Å². The minimum absolute atomic E-state index is 0. The second-order valence-electron chi connectivity index (χ2n) is 16.6. The van der Waals surface area contributed by atoms with Crippen LogP contribution in [0.15, 0.2) is 92.4 Å². The number of aromatic nitrogens is 8. The van der Waals surface area contributed by atoms with Gasteiger partial charge in [-0.15, -0.1) is 0 Å². The van der Waals surface area contributed by atoms with Crippen LogP contribution in [-0.2, 0) is 57.2 Å². The molecule has 0 atom stereocenters. The summed E-state index contributed by atoms with van der Waals surface area (Å²) in [6.07, 6.45) is 0. The van der Waals surface area contributed by atoms with Crippen molar-refractivity contribution in [1.29, 1.82) is 0 Å². The van der Waals surface area contributed by atoms with E-state index in [1.807, 2.05) is 0 Å². The maximum absolute atomic E-state index is 14.6.